The highest BCUT2D eigenvalue weighted by Gasteiger charge is 2.01. The van der Waals surface area contributed by atoms with Crippen molar-refractivity contribution >= 4 is 5.97 Å². The van der Waals surface area contributed by atoms with Gasteiger partial charge in [-0.05, 0) is 6.07 Å². The van der Waals surface area contributed by atoms with E-state index in [2.05, 4.69) is 0 Å². The van der Waals surface area contributed by atoms with Crippen molar-refractivity contribution in [1.29, 1.82) is 0 Å². The first kappa shape index (κ1) is 6.86. The minimum atomic E-state index is -0.282. The molecular formula is C7H8O3. The molecule has 0 aliphatic heterocycles. The summed E-state index contributed by atoms with van der Waals surface area (Å²) in [7, 11) is 0. The minimum absolute atomic E-state index is 0.256. The van der Waals surface area contributed by atoms with Crippen molar-refractivity contribution in [2.24, 2.45) is 0 Å². The predicted molar refractivity (Wildman–Crippen MR) is 34.6 cm³/mol. The zero-order valence-corrected chi connectivity index (χ0v) is 5.66. The van der Waals surface area contributed by atoms with Crippen LogP contribution in [0.4, 0.5) is 0 Å². The van der Waals surface area contributed by atoms with Crippen LogP contribution in [0.25, 0.3) is 0 Å². The first-order chi connectivity index (χ1) is 4.83. The average molecular weight is 140 g/mol. The maximum absolute atomic E-state index is 10.6. The Morgan fingerprint density at radius 1 is 1.80 bits per heavy atom. The maximum atomic E-state index is 10.6. The molecule has 0 bridgehead atoms. The van der Waals surface area contributed by atoms with Crippen LogP contribution in [0.5, 0.6) is 5.95 Å². The van der Waals surface area contributed by atoms with Gasteiger partial charge in [0.1, 0.15) is 0 Å². The lowest BCUT2D eigenvalue weighted by atomic mass is 10.5. The Hall–Kier alpha value is -1.25. The van der Waals surface area contributed by atoms with E-state index in [1.165, 1.54) is 6.26 Å². The quantitative estimate of drug-likeness (QED) is 0.585. The van der Waals surface area contributed by atoms with E-state index in [0.717, 1.165) is 0 Å². The number of hydrogen-bond acceptors (Lipinski definition) is 3. The highest BCUT2D eigenvalue weighted by Crippen LogP contribution is 2.10. The molecule has 0 saturated heterocycles. The molecule has 0 unspecified atom stereocenters. The fourth-order valence-electron chi connectivity index (χ4n) is 0.506. The summed E-state index contributed by atoms with van der Waals surface area (Å²) in [5.41, 5.74) is 0. The molecule has 0 amide bonds. The molecular weight excluding hydrogens is 132 g/mol. The van der Waals surface area contributed by atoms with E-state index in [4.69, 9.17) is 9.15 Å². The van der Waals surface area contributed by atoms with Gasteiger partial charge in [-0.3, -0.25) is 4.79 Å². The number of rotatable bonds is 2. The van der Waals surface area contributed by atoms with Crippen LogP contribution in [0, 0.1) is 0 Å². The summed E-state index contributed by atoms with van der Waals surface area (Å²) in [5, 5.41) is 0. The van der Waals surface area contributed by atoms with E-state index < -0.39 is 0 Å². The van der Waals surface area contributed by atoms with Crippen LogP contribution in [0.1, 0.15) is 13.3 Å². The third kappa shape index (κ3) is 1.62. The van der Waals surface area contributed by atoms with Crippen LogP contribution in [0.3, 0.4) is 0 Å². The standard InChI is InChI=1S/C7H8O3/c1-2-6(8)10-7-4-3-5-9-7/h3-5H,2H2,1H3. The zero-order chi connectivity index (χ0) is 7.40. The lowest BCUT2D eigenvalue weighted by molar-refractivity contribution is -0.135. The second-order valence-corrected chi connectivity index (χ2v) is 1.76. The van der Waals surface area contributed by atoms with Gasteiger partial charge in [-0.2, -0.15) is 0 Å². The van der Waals surface area contributed by atoms with Crippen LogP contribution >= 0.6 is 0 Å². The first-order valence-electron chi connectivity index (χ1n) is 3.07. The van der Waals surface area contributed by atoms with E-state index in [9.17, 15) is 4.79 Å². The summed E-state index contributed by atoms with van der Waals surface area (Å²) in [4.78, 5) is 10.6. The van der Waals surface area contributed by atoms with Crippen LogP contribution in [0.15, 0.2) is 22.8 Å². The summed E-state index contributed by atoms with van der Waals surface area (Å²) >= 11 is 0. The summed E-state index contributed by atoms with van der Waals surface area (Å²) in [6.07, 6.45) is 1.82. The van der Waals surface area contributed by atoms with Crippen LogP contribution < -0.4 is 4.74 Å². The van der Waals surface area contributed by atoms with Crippen molar-refractivity contribution in [1.82, 2.24) is 0 Å². The summed E-state index contributed by atoms with van der Waals surface area (Å²) in [6, 6.07) is 3.26. The lowest BCUT2D eigenvalue weighted by Crippen LogP contribution is -2.04. The molecule has 0 aliphatic carbocycles. The Bertz CT molecular complexity index is 201. The predicted octanol–water partition coefficient (Wildman–Crippen LogP) is 1.59. The van der Waals surface area contributed by atoms with Gasteiger partial charge in [0.15, 0.2) is 0 Å². The smallest absolute Gasteiger partial charge is 0.313 e. The molecule has 1 heterocycles. The van der Waals surface area contributed by atoms with Crippen molar-refractivity contribution in [3.8, 4) is 5.95 Å². The molecule has 0 aromatic carbocycles. The van der Waals surface area contributed by atoms with Gasteiger partial charge in [0.25, 0.3) is 5.95 Å². The number of esters is 1. The normalized spacial score (nSPS) is 9.30. The van der Waals surface area contributed by atoms with E-state index in [0.29, 0.717) is 6.42 Å². The molecule has 1 aromatic heterocycles. The molecule has 0 N–H and O–H groups in total. The maximum Gasteiger partial charge on any atom is 0.313 e. The molecule has 1 aromatic rings. The molecule has 0 atom stereocenters. The highest BCUT2D eigenvalue weighted by molar-refractivity contribution is 5.71. The molecule has 0 fully saturated rings. The topological polar surface area (TPSA) is 39.4 Å². The lowest BCUT2D eigenvalue weighted by Gasteiger charge is -1.94. The van der Waals surface area contributed by atoms with Gasteiger partial charge < -0.3 is 9.15 Å². The monoisotopic (exact) mass is 140 g/mol. The number of carbonyl (C=O) groups is 1. The minimum Gasteiger partial charge on any atom is -0.434 e. The van der Waals surface area contributed by atoms with Gasteiger partial charge in [0.05, 0.1) is 6.26 Å². The molecule has 10 heavy (non-hydrogen) atoms. The van der Waals surface area contributed by atoms with Gasteiger partial charge in [-0.1, -0.05) is 6.92 Å². The van der Waals surface area contributed by atoms with Gasteiger partial charge in [0, 0.05) is 12.5 Å². The van der Waals surface area contributed by atoms with Crippen molar-refractivity contribution in [2.45, 2.75) is 13.3 Å². The fourth-order valence-corrected chi connectivity index (χ4v) is 0.506. The number of carbonyl (C=O) groups excluding carboxylic acids is 1. The van der Waals surface area contributed by atoms with E-state index >= 15 is 0 Å². The number of ether oxygens (including phenoxy) is 1. The molecule has 0 spiro atoms. The molecule has 0 aliphatic rings. The average Bonchev–Trinajstić information content (AvgIpc) is 2.40. The van der Waals surface area contributed by atoms with Gasteiger partial charge >= 0.3 is 5.97 Å². The summed E-state index contributed by atoms with van der Waals surface area (Å²) in [6.45, 7) is 1.73. The molecule has 3 heteroatoms. The van der Waals surface area contributed by atoms with E-state index in [1.54, 1.807) is 19.1 Å². The van der Waals surface area contributed by atoms with Gasteiger partial charge in [-0.15, -0.1) is 0 Å². The molecule has 3 nitrogen and oxygen atoms in total. The molecule has 0 saturated carbocycles. The van der Waals surface area contributed by atoms with Crippen molar-refractivity contribution in [3.63, 3.8) is 0 Å². The van der Waals surface area contributed by atoms with Gasteiger partial charge in [0.2, 0.25) is 0 Å². The van der Waals surface area contributed by atoms with Crippen LogP contribution in [0.2, 0.25) is 0 Å². The Morgan fingerprint density at radius 3 is 3.10 bits per heavy atom. The van der Waals surface area contributed by atoms with E-state index in [-0.39, 0.29) is 11.9 Å². The SMILES string of the molecule is CCC(=O)Oc1ccco1. The van der Waals surface area contributed by atoms with Crippen LogP contribution in [-0.4, -0.2) is 5.97 Å². The zero-order valence-electron chi connectivity index (χ0n) is 5.66. The van der Waals surface area contributed by atoms with Crippen molar-refractivity contribution in [2.75, 3.05) is 0 Å². The molecule has 1 rings (SSSR count). The Morgan fingerprint density at radius 2 is 2.60 bits per heavy atom. The Kier molecular flexibility index (Phi) is 2.10. The van der Waals surface area contributed by atoms with Crippen LogP contribution in [-0.2, 0) is 4.79 Å². The Labute approximate surface area is 58.6 Å². The molecule has 54 valence electrons. The summed E-state index contributed by atoms with van der Waals surface area (Å²) < 4.78 is 9.46. The second-order valence-electron chi connectivity index (χ2n) is 1.76. The second kappa shape index (κ2) is 3.06. The first-order valence-corrected chi connectivity index (χ1v) is 3.07. The number of hydrogen-bond donors (Lipinski definition) is 0. The van der Waals surface area contributed by atoms with Crippen molar-refractivity contribution in [3.05, 3.63) is 18.4 Å². The van der Waals surface area contributed by atoms with Crippen molar-refractivity contribution < 1.29 is 13.9 Å². The molecule has 0 radical (unpaired) electrons. The third-order valence-corrected chi connectivity index (χ3v) is 0.998. The fraction of sp³-hybridized carbons (Fsp3) is 0.286. The Balaban J connectivity index is 2.48. The highest BCUT2D eigenvalue weighted by atomic mass is 16.6. The third-order valence-electron chi connectivity index (χ3n) is 0.998. The van der Waals surface area contributed by atoms with Gasteiger partial charge in [-0.25, -0.2) is 0 Å². The van der Waals surface area contributed by atoms with E-state index in [1.807, 2.05) is 0 Å². The summed E-state index contributed by atoms with van der Waals surface area (Å²) in [5.74, 6) is -0.0261. The largest absolute Gasteiger partial charge is 0.434 e. The number of furan rings is 1.